The summed E-state index contributed by atoms with van der Waals surface area (Å²) in [7, 11) is 1.56. The number of benzene rings is 3. The molecule has 1 heterocycles. The molecule has 0 spiro atoms. The lowest BCUT2D eigenvalue weighted by molar-refractivity contribution is -0.122. The number of carbonyl (C=O) groups is 1. The minimum absolute atomic E-state index is 0.0850. The molecule has 2 unspecified atom stereocenters. The number of aliphatic hydroxyl groups excluding tert-OH is 1. The van der Waals surface area contributed by atoms with E-state index in [1.165, 1.54) is 0 Å². The average molecular weight is 480 g/mol. The lowest BCUT2D eigenvalue weighted by Crippen LogP contribution is -2.32. The van der Waals surface area contributed by atoms with Crippen molar-refractivity contribution in [2.75, 3.05) is 37.2 Å². The summed E-state index contributed by atoms with van der Waals surface area (Å²) in [5, 5.41) is 9.91. The van der Waals surface area contributed by atoms with Gasteiger partial charge in [0.2, 0.25) is 0 Å². The Bertz CT molecular complexity index is 1090. The van der Waals surface area contributed by atoms with Gasteiger partial charge in [0.15, 0.2) is 17.6 Å². The van der Waals surface area contributed by atoms with Gasteiger partial charge in [-0.25, -0.2) is 0 Å². The molecule has 0 bridgehead atoms. The first-order valence-corrected chi connectivity index (χ1v) is 12.6. The van der Waals surface area contributed by atoms with Crippen molar-refractivity contribution in [3.05, 3.63) is 72.8 Å². The first-order chi connectivity index (χ1) is 16.6. The van der Waals surface area contributed by atoms with Gasteiger partial charge in [0.25, 0.3) is 5.91 Å². The van der Waals surface area contributed by atoms with E-state index in [0.717, 1.165) is 16.8 Å². The van der Waals surface area contributed by atoms with Crippen LogP contribution in [-0.4, -0.2) is 55.5 Å². The van der Waals surface area contributed by atoms with Crippen molar-refractivity contribution in [2.45, 2.75) is 18.6 Å². The monoisotopic (exact) mass is 479 g/mol. The molecular weight excluding hydrogens is 450 g/mol. The van der Waals surface area contributed by atoms with Gasteiger partial charge in [-0.2, -0.15) is 11.8 Å². The Hall–Kier alpha value is -3.16. The van der Waals surface area contributed by atoms with Crippen molar-refractivity contribution < 1.29 is 24.1 Å². The summed E-state index contributed by atoms with van der Waals surface area (Å²) in [5.74, 6) is 2.23. The zero-order valence-electron chi connectivity index (χ0n) is 19.3. The summed E-state index contributed by atoms with van der Waals surface area (Å²) in [4.78, 5) is 14.8. The largest absolute Gasteiger partial charge is 0.493 e. The molecule has 1 aliphatic rings. The highest BCUT2D eigenvalue weighted by Gasteiger charge is 2.34. The molecule has 3 aromatic rings. The molecule has 1 amide bonds. The number of aliphatic hydroxyl groups is 1. The predicted molar refractivity (Wildman–Crippen MR) is 136 cm³/mol. The van der Waals surface area contributed by atoms with E-state index in [9.17, 15) is 9.90 Å². The summed E-state index contributed by atoms with van der Waals surface area (Å²) >= 11 is 1.56. The quantitative estimate of drug-likeness (QED) is 0.457. The average Bonchev–Trinajstić information content (AvgIpc) is 3.23. The van der Waals surface area contributed by atoms with Gasteiger partial charge >= 0.3 is 0 Å². The van der Waals surface area contributed by atoms with Crippen molar-refractivity contribution in [1.82, 2.24) is 0 Å². The molecule has 6 nitrogen and oxygen atoms in total. The normalized spacial score (nSPS) is 16.4. The Kier molecular flexibility index (Phi) is 7.98. The third-order valence-electron chi connectivity index (χ3n) is 5.65. The molecule has 1 aliphatic heterocycles. The summed E-state index contributed by atoms with van der Waals surface area (Å²) in [6.45, 7) is 0.736. The van der Waals surface area contributed by atoms with Gasteiger partial charge in [0.1, 0.15) is 12.4 Å². The second kappa shape index (κ2) is 11.3. The Labute approximate surface area is 204 Å². The van der Waals surface area contributed by atoms with Crippen LogP contribution in [0, 0.1) is 0 Å². The molecule has 0 aromatic heterocycles. The number of anilines is 1. The van der Waals surface area contributed by atoms with Crippen LogP contribution < -0.4 is 19.1 Å². The van der Waals surface area contributed by atoms with Crippen LogP contribution in [-0.2, 0) is 4.79 Å². The van der Waals surface area contributed by atoms with Crippen LogP contribution in [0.15, 0.2) is 72.8 Å². The first kappa shape index (κ1) is 24.0. The number of carbonyl (C=O) groups excluding carboxylic acids is 1. The van der Waals surface area contributed by atoms with E-state index in [2.05, 4.69) is 12.1 Å². The maximum absolute atomic E-state index is 13.1. The van der Waals surface area contributed by atoms with Crippen molar-refractivity contribution in [1.29, 1.82) is 0 Å². The molecule has 0 saturated carbocycles. The highest BCUT2D eigenvalue weighted by Crippen LogP contribution is 2.34. The molecule has 1 saturated heterocycles. The molecule has 0 radical (unpaired) electrons. The molecule has 1 N–H and O–H groups in total. The van der Waals surface area contributed by atoms with Gasteiger partial charge in [0.05, 0.1) is 13.2 Å². The van der Waals surface area contributed by atoms with E-state index in [1.54, 1.807) is 35.9 Å². The fourth-order valence-electron chi connectivity index (χ4n) is 3.91. The van der Waals surface area contributed by atoms with E-state index in [1.807, 2.05) is 54.8 Å². The first-order valence-electron chi connectivity index (χ1n) is 11.2. The maximum Gasteiger partial charge on any atom is 0.268 e. The van der Waals surface area contributed by atoms with Crippen molar-refractivity contribution in [3.63, 3.8) is 0 Å². The number of hydrogen-bond acceptors (Lipinski definition) is 6. The Morgan fingerprint density at radius 1 is 1.03 bits per heavy atom. The number of amides is 1. The van der Waals surface area contributed by atoms with E-state index in [-0.39, 0.29) is 12.5 Å². The smallest absolute Gasteiger partial charge is 0.268 e. The topological polar surface area (TPSA) is 68.2 Å². The van der Waals surface area contributed by atoms with Crippen LogP contribution in [0.4, 0.5) is 5.69 Å². The highest BCUT2D eigenvalue weighted by molar-refractivity contribution is 7.98. The molecule has 178 valence electrons. The van der Waals surface area contributed by atoms with Gasteiger partial charge in [-0.1, -0.05) is 42.5 Å². The molecular formula is C27H29NO5S. The maximum atomic E-state index is 13.1. The fraction of sp³-hybridized carbons (Fsp3) is 0.296. The summed E-state index contributed by atoms with van der Waals surface area (Å²) in [6.07, 6.45) is 1.44. The fourth-order valence-corrected chi connectivity index (χ4v) is 4.39. The third-order valence-corrected chi connectivity index (χ3v) is 6.36. The second-order valence-corrected chi connectivity index (χ2v) is 8.94. The van der Waals surface area contributed by atoms with Crippen LogP contribution >= 0.6 is 11.8 Å². The molecule has 3 aromatic carbocycles. The zero-order chi connectivity index (χ0) is 23.9. The van der Waals surface area contributed by atoms with E-state index >= 15 is 0 Å². The van der Waals surface area contributed by atoms with Gasteiger partial charge < -0.3 is 24.2 Å². The summed E-state index contributed by atoms with van der Waals surface area (Å²) < 4.78 is 17.2. The second-order valence-electron chi connectivity index (χ2n) is 8.03. The molecule has 7 heteroatoms. The van der Waals surface area contributed by atoms with Crippen LogP contribution in [0.2, 0.25) is 0 Å². The minimum Gasteiger partial charge on any atom is -0.493 e. The molecule has 4 rings (SSSR count). The number of nitrogens with zero attached hydrogens (tertiary/aromatic N) is 1. The minimum atomic E-state index is -0.556. The summed E-state index contributed by atoms with van der Waals surface area (Å²) in [5.41, 5.74) is 2.96. The van der Waals surface area contributed by atoms with Crippen LogP contribution in [0.1, 0.15) is 6.42 Å². The summed E-state index contributed by atoms with van der Waals surface area (Å²) in [6, 6.07) is 23.3. The number of thioether (sulfide) groups is 1. The SMILES string of the molecule is COc1cc(N2CCC(Oc3ccc(-c4ccccc4)cc3)C2=O)ccc1OCC(O)CSC. The number of methoxy groups -OCH3 is 1. The lowest BCUT2D eigenvalue weighted by Gasteiger charge is -2.20. The lowest BCUT2D eigenvalue weighted by atomic mass is 10.1. The van der Waals surface area contributed by atoms with Crippen LogP contribution in [0.3, 0.4) is 0 Å². The number of ether oxygens (including phenoxy) is 3. The van der Waals surface area contributed by atoms with E-state index in [0.29, 0.717) is 36.0 Å². The number of hydrogen-bond donors (Lipinski definition) is 1. The van der Waals surface area contributed by atoms with E-state index < -0.39 is 12.2 Å². The van der Waals surface area contributed by atoms with E-state index in [4.69, 9.17) is 14.2 Å². The van der Waals surface area contributed by atoms with Crippen LogP contribution in [0.25, 0.3) is 11.1 Å². The molecule has 1 fully saturated rings. The van der Waals surface area contributed by atoms with Crippen molar-refractivity contribution in [3.8, 4) is 28.4 Å². The predicted octanol–water partition coefficient (Wildman–Crippen LogP) is 4.65. The Morgan fingerprint density at radius 2 is 1.76 bits per heavy atom. The highest BCUT2D eigenvalue weighted by atomic mass is 32.2. The third kappa shape index (κ3) is 5.66. The Balaban J connectivity index is 1.40. The number of rotatable bonds is 10. The van der Waals surface area contributed by atoms with Gasteiger partial charge in [-0.3, -0.25) is 4.79 Å². The molecule has 0 aliphatic carbocycles. The van der Waals surface area contributed by atoms with Gasteiger partial charge in [-0.15, -0.1) is 0 Å². The van der Waals surface area contributed by atoms with Gasteiger partial charge in [-0.05, 0) is 41.6 Å². The van der Waals surface area contributed by atoms with Crippen LogP contribution in [0.5, 0.6) is 17.2 Å². The van der Waals surface area contributed by atoms with Crippen molar-refractivity contribution in [2.24, 2.45) is 0 Å². The molecule has 2 atom stereocenters. The standard InChI is InChI=1S/C27H29NO5S/c1-31-26-16-21(10-13-24(26)32-17-22(29)18-34-2)28-15-14-25(27(28)30)33-23-11-8-20(9-12-23)19-6-4-3-5-7-19/h3-13,16,22,25,29H,14-15,17-18H2,1-2H3. The Morgan fingerprint density at radius 3 is 2.47 bits per heavy atom. The van der Waals surface area contributed by atoms with Crippen molar-refractivity contribution >= 4 is 23.4 Å². The van der Waals surface area contributed by atoms with Gasteiger partial charge in [0, 0.05) is 30.5 Å². The zero-order valence-corrected chi connectivity index (χ0v) is 20.2. The molecule has 34 heavy (non-hydrogen) atoms.